The summed E-state index contributed by atoms with van der Waals surface area (Å²) in [4.78, 5) is 20.2. The fraction of sp³-hybridized carbons (Fsp3) is 0.238. The van der Waals surface area contributed by atoms with E-state index in [-0.39, 0.29) is 5.78 Å². The van der Waals surface area contributed by atoms with Crippen molar-refractivity contribution in [3.8, 4) is 16.9 Å². The first-order chi connectivity index (χ1) is 12.1. The van der Waals surface area contributed by atoms with Gasteiger partial charge in [0, 0.05) is 35.0 Å². The first-order valence-corrected chi connectivity index (χ1v) is 8.39. The second-order valence-electron chi connectivity index (χ2n) is 6.62. The molecule has 1 aliphatic carbocycles. The molecule has 1 aromatic heterocycles. The number of hydrogen-bond acceptors (Lipinski definition) is 4. The maximum absolute atomic E-state index is 13.2. The van der Waals surface area contributed by atoms with Crippen LogP contribution in [0.4, 0.5) is 0 Å². The third-order valence-electron chi connectivity index (χ3n) is 4.73. The normalized spacial score (nSPS) is 12.6. The van der Waals surface area contributed by atoms with E-state index in [4.69, 9.17) is 9.72 Å². The lowest BCUT2D eigenvalue weighted by Crippen LogP contribution is -2.16. The molecular weight excluding hydrogens is 312 g/mol. The van der Waals surface area contributed by atoms with Gasteiger partial charge in [0.1, 0.15) is 5.75 Å². The summed E-state index contributed by atoms with van der Waals surface area (Å²) in [6.07, 6.45) is 0.804. The summed E-state index contributed by atoms with van der Waals surface area (Å²) in [6, 6.07) is 13.6. The molecule has 4 rings (SSSR count). The number of rotatable bonds is 4. The van der Waals surface area contributed by atoms with E-state index < -0.39 is 0 Å². The van der Waals surface area contributed by atoms with Crippen LogP contribution >= 0.6 is 0 Å². The van der Waals surface area contributed by atoms with E-state index in [0.717, 1.165) is 46.3 Å². The van der Waals surface area contributed by atoms with Crippen molar-refractivity contribution in [1.82, 2.24) is 9.88 Å². The zero-order chi connectivity index (χ0) is 17.6. The van der Waals surface area contributed by atoms with E-state index in [1.54, 1.807) is 7.11 Å². The number of benzene rings is 2. The Balaban J connectivity index is 2.00. The predicted molar refractivity (Wildman–Crippen MR) is 99.4 cm³/mol. The van der Waals surface area contributed by atoms with Crippen molar-refractivity contribution in [3.63, 3.8) is 0 Å². The number of pyridine rings is 1. The lowest BCUT2D eigenvalue weighted by molar-refractivity contribution is 0.104. The van der Waals surface area contributed by atoms with Crippen LogP contribution in [0.5, 0.6) is 5.75 Å². The van der Waals surface area contributed by atoms with Crippen LogP contribution in [-0.2, 0) is 6.42 Å². The van der Waals surface area contributed by atoms with Gasteiger partial charge in [0.05, 0.1) is 18.3 Å². The number of aromatic nitrogens is 1. The number of para-hydroxylation sites is 1. The van der Waals surface area contributed by atoms with E-state index in [9.17, 15) is 4.79 Å². The Kier molecular flexibility index (Phi) is 3.77. The van der Waals surface area contributed by atoms with Crippen LogP contribution < -0.4 is 4.74 Å². The van der Waals surface area contributed by atoms with Gasteiger partial charge in [-0.15, -0.1) is 0 Å². The van der Waals surface area contributed by atoms with E-state index in [1.165, 1.54) is 0 Å². The van der Waals surface area contributed by atoms with Gasteiger partial charge in [0.25, 0.3) is 0 Å². The molecule has 0 fully saturated rings. The molecule has 0 bridgehead atoms. The maximum atomic E-state index is 13.2. The third kappa shape index (κ3) is 2.50. The van der Waals surface area contributed by atoms with Crippen LogP contribution in [0, 0.1) is 0 Å². The zero-order valence-corrected chi connectivity index (χ0v) is 14.7. The number of ketones is 1. The third-order valence-corrected chi connectivity index (χ3v) is 4.73. The molecule has 2 aromatic carbocycles. The molecule has 1 heterocycles. The van der Waals surface area contributed by atoms with Gasteiger partial charge < -0.3 is 9.64 Å². The number of ether oxygens (including phenoxy) is 1. The minimum atomic E-state index is 0.0635. The predicted octanol–water partition coefficient (Wildman–Crippen LogP) is 3.56. The Bertz CT molecular complexity index is 993. The summed E-state index contributed by atoms with van der Waals surface area (Å²) in [5.41, 5.74) is 5.31. The van der Waals surface area contributed by atoms with Crippen molar-refractivity contribution in [2.45, 2.75) is 6.42 Å². The highest BCUT2D eigenvalue weighted by atomic mass is 16.5. The molecule has 4 heteroatoms. The number of fused-ring (bicyclic) bond motifs is 5. The first kappa shape index (κ1) is 15.8. The highest BCUT2D eigenvalue weighted by molar-refractivity contribution is 6.27. The summed E-state index contributed by atoms with van der Waals surface area (Å²) >= 11 is 0. The van der Waals surface area contributed by atoms with Crippen molar-refractivity contribution in [2.75, 3.05) is 27.7 Å². The van der Waals surface area contributed by atoms with Crippen LogP contribution in [-0.4, -0.2) is 43.4 Å². The van der Waals surface area contributed by atoms with Crippen molar-refractivity contribution in [2.24, 2.45) is 0 Å². The average Bonchev–Trinajstić information content (AvgIpc) is 2.92. The topological polar surface area (TPSA) is 42.4 Å². The van der Waals surface area contributed by atoms with Crippen molar-refractivity contribution in [1.29, 1.82) is 0 Å². The summed E-state index contributed by atoms with van der Waals surface area (Å²) in [6.45, 7) is 0.886. The minimum Gasteiger partial charge on any atom is -0.497 e. The van der Waals surface area contributed by atoms with Gasteiger partial charge in [-0.25, -0.2) is 0 Å². The molecule has 4 nitrogen and oxygen atoms in total. The highest BCUT2D eigenvalue weighted by Gasteiger charge is 2.32. The van der Waals surface area contributed by atoms with Gasteiger partial charge in [0.15, 0.2) is 5.78 Å². The summed E-state index contributed by atoms with van der Waals surface area (Å²) in [7, 11) is 5.71. The van der Waals surface area contributed by atoms with Crippen LogP contribution in [0.15, 0.2) is 42.5 Å². The molecule has 0 saturated carbocycles. The van der Waals surface area contributed by atoms with E-state index in [1.807, 2.05) is 56.6 Å². The Labute approximate surface area is 147 Å². The molecule has 0 N–H and O–H groups in total. The Hall–Kier alpha value is -2.72. The fourth-order valence-electron chi connectivity index (χ4n) is 3.49. The molecule has 126 valence electrons. The second kappa shape index (κ2) is 5.97. The van der Waals surface area contributed by atoms with Gasteiger partial charge in [-0.3, -0.25) is 9.78 Å². The van der Waals surface area contributed by atoms with Gasteiger partial charge in [-0.2, -0.15) is 0 Å². The van der Waals surface area contributed by atoms with Crippen molar-refractivity contribution in [3.05, 3.63) is 59.3 Å². The van der Waals surface area contributed by atoms with Crippen LogP contribution in [0.2, 0.25) is 0 Å². The standard InChI is InChI=1S/C21H20N2O2/c1-23(2)11-10-18-19-14-9-8-13(25-3)12-16(14)21(24)20(19)15-6-4-5-7-17(15)22-18/h4-9,12H,10-11H2,1-3H3. The van der Waals surface area contributed by atoms with Gasteiger partial charge in [-0.05, 0) is 43.9 Å². The smallest absolute Gasteiger partial charge is 0.195 e. The number of carbonyl (C=O) groups excluding carboxylic acids is 1. The number of carbonyl (C=O) groups is 1. The Morgan fingerprint density at radius 1 is 1.04 bits per heavy atom. The summed E-state index contributed by atoms with van der Waals surface area (Å²) in [5.74, 6) is 0.764. The van der Waals surface area contributed by atoms with E-state index in [0.29, 0.717) is 11.3 Å². The summed E-state index contributed by atoms with van der Waals surface area (Å²) in [5, 5.41) is 0.922. The number of nitrogens with zero attached hydrogens (tertiary/aromatic N) is 2. The lowest BCUT2D eigenvalue weighted by Gasteiger charge is -2.14. The maximum Gasteiger partial charge on any atom is 0.195 e. The molecule has 0 unspecified atom stereocenters. The average molecular weight is 332 g/mol. The molecule has 0 saturated heterocycles. The van der Waals surface area contributed by atoms with Gasteiger partial charge >= 0.3 is 0 Å². The molecular formula is C21H20N2O2. The molecule has 25 heavy (non-hydrogen) atoms. The Morgan fingerprint density at radius 2 is 1.84 bits per heavy atom. The summed E-state index contributed by atoms with van der Waals surface area (Å²) < 4.78 is 5.31. The van der Waals surface area contributed by atoms with Crippen LogP contribution in [0.1, 0.15) is 21.6 Å². The molecule has 1 aliphatic rings. The van der Waals surface area contributed by atoms with E-state index in [2.05, 4.69) is 4.90 Å². The zero-order valence-electron chi connectivity index (χ0n) is 14.7. The van der Waals surface area contributed by atoms with E-state index >= 15 is 0 Å². The fourth-order valence-corrected chi connectivity index (χ4v) is 3.49. The van der Waals surface area contributed by atoms with Crippen LogP contribution in [0.3, 0.4) is 0 Å². The van der Waals surface area contributed by atoms with Gasteiger partial charge in [0.2, 0.25) is 0 Å². The lowest BCUT2D eigenvalue weighted by atomic mass is 9.98. The largest absolute Gasteiger partial charge is 0.497 e. The number of hydrogen-bond donors (Lipinski definition) is 0. The first-order valence-electron chi connectivity index (χ1n) is 8.39. The molecule has 0 amide bonds. The van der Waals surface area contributed by atoms with Crippen molar-refractivity contribution >= 4 is 16.7 Å². The minimum absolute atomic E-state index is 0.0635. The number of likely N-dealkylation sites (N-methyl/N-ethyl adjacent to an activating group) is 1. The monoisotopic (exact) mass is 332 g/mol. The Morgan fingerprint density at radius 3 is 2.60 bits per heavy atom. The van der Waals surface area contributed by atoms with Gasteiger partial charge in [-0.1, -0.05) is 18.2 Å². The molecule has 0 atom stereocenters. The SMILES string of the molecule is COc1ccc2c(c1)C(=O)c1c-2c(CCN(C)C)nc2ccccc12. The molecule has 0 radical (unpaired) electrons. The quantitative estimate of drug-likeness (QED) is 0.573. The number of methoxy groups -OCH3 is 1. The van der Waals surface area contributed by atoms with Crippen LogP contribution in [0.25, 0.3) is 22.0 Å². The molecule has 0 spiro atoms. The molecule has 0 aliphatic heterocycles. The van der Waals surface area contributed by atoms with Crippen molar-refractivity contribution < 1.29 is 9.53 Å². The molecule has 3 aromatic rings. The second-order valence-corrected chi connectivity index (χ2v) is 6.62. The highest BCUT2D eigenvalue weighted by Crippen LogP contribution is 2.43.